The summed E-state index contributed by atoms with van der Waals surface area (Å²) in [6.07, 6.45) is 0. The van der Waals surface area contributed by atoms with Crippen molar-refractivity contribution in [2.24, 2.45) is 5.73 Å². The number of thioether (sulfide) groups is 1. The SMILES string of the molecule is Cc1cc(Br)ccc1SCC(=O)OCC(=O)Nc1sccc1C(N)=O. The Kier molecular flexibility index (Phi) is 7.03. The van der Waals surface area contributed by atoms with Gasteiger partial charge in [0.1, 0.15) is 5.00 Å². The van der Waals surface area contributed by atoms with Crippen LogP contribution in [0.4, 0.5) is 5.00 Å². The van der Waals surface area contributed by atoms with Crippen LogP contribution in [0.2, 0.25) is 0 Å². The summed E-state index contributed by atoms with van der Waals surface area (Å²) in [6.45, 7) is 1.53. The number of hydrogen-bond donors (Lipinski definition) is 2. The Morgan fingerprint density at radius 1 is 1.32 bits per heavy atom. The summed E-state index contributed by atoms with van der Waals surface area (Å²) in [7, 11) is 0. The summed E-state index contributed by atoms with van der Waals surface area (Å²) in [5.41, 5.74) is 6.47. The number of aryl methyl sites for hydroxylation is 1. The second-order valence-electron chi connectivity index (χ2n) is 4.94. The molecular weight excluding hydrogens is 428 g/mol. The number of nitrogens with two attached hydrogens (primary N) is 1. The van der Waals surface area contributed by atoms with Gasteiger partial charge in [-0.3, -0.25) is 14.4 Å². The summed E-state index contributed by atoms with van der Waals surface area (Å²) < 4.78 is 5.92. The first-order valence-corrected chi connectivity index (χ1v) is 9.74. The number of nitrogens with one attached hydrogen (secondary N) is 1. The standard InChI is InChI=1S/C16H15BrN2O4S2/c1-9-6-10(17)2-3-12(9)25-8-14(21)23-7-13(20)19-16-11(15(18)22)4-5-24-16/h2-6H,7-8H2,1H3,(H2,18,22)(H,19,20). The first-order valence-electron chi connectivity index (χ1n) is 7.08. The maximum Gasteiger partial charge on any atom is 0.316 e. The molecular formula is C16H15BrN2O4S2. The lowest BCUT2D eigenvalue weighted by Gasteiger charge is -2.07. The van der Waals surface area contributed by atoms with Crippen molar-refractivity contribution in [3.63, 3.8) is 0 Å². The van der Waals surface area contributed by atoms with Crippen LogP contribution >= 0.6 is 39.0 Å². The molecule has 0 fully saturated rings. The molecule has 0 spiro atoms. The molecule has 0 aliphatic rings. The van der Waals surface area contributed by atoms with Gasteiger partial charge in [-0.2, -0.15) is 0 Å². The largest absolute Gasteiger partial charge is 0.455 e. The van der Waals surface area contributed by atoms with Crippen molar-refractivity contribution in [1.29, 1.82) is 0 Å². The van der Waals surface area contributed by atoms with Gasteiger partial charge in [-0.1, -0.05) is 15.9 Å². The number of carbonyl (C=O) groups excluding carboxylic acids is 3. The molecule has 0 saturated heterocycles. The van der Waals surface area contributed by atoms with Crippen molar-refractivity contribution >= 4 is 61.8 Å². The highest BCUT2D eigenvalue weighted by molar-refractivity contribution is 9.10. The van der Waals surface area contributed by atoms with Gasteiger partial charge in [0.15, 0.2) is 6.61 Å². The maximum atomic E-state index is 11.8. The molecule has 6 nitrogen and oxygen atoms in total. The van der Waals surface area contributed by atoms with Gasteiger partial charge in [-0.05, 0) is 42.1 Å². The van der Waals surface area contributed by atoms with E-state index in [0.29, 0.717) is 5.00 Å². The number of thiophene rings is 1. The van der Waals surface area contributed by atoms with Gasteiger partial charge in [-0.15, -0.1) is 23.1 Å². The van der Waals surface area contributed by atoms with Crippen LogP contribution < -0.4 is 11.1 Å². The van der Waals surface area contributed by atoms with E-state index in [9.17, 15) is 14.4 Å². The van der Waals surface area contributed by atoms with Crippen LogP contribution in [0.25, 0.3) is 0 Å². The van der Waals surface area contributed by atoms with E-state index in [1.54, 1.807) is 5.38 Å². The van der Waals surface area contributed by atoms with E-state index in [0.717, 1.165) is 14.9 Å². The number of primary amides is 1. The molecule has 9 heteroatoms. The van der Waals surface area contributed by atoms with Crippen molar-refractivity contribution in [3.05, 3.63) is 45.2 Å². The number of ether oxygens (including phenoxy) is 1. The fraction of sp³-hybridized carbons (Fsp3) is 0.188. The number of rotatable bonds is 7. The smallest absolute Gasteiger partial charge is 0.316 e. The molecule has 2 aromatic rings. The minimum atomic E-state index is -0.630. The third-order valence-corrected chi connectivity index (χ3v) is 5.50. The number of hydrogen-bond acceptors (Lipinski definition) is 6. The Hall–Kier alpha value is -1.84. The fourth-order valence-corrected chi connectivity index (χ4v) is 3.95. The second kappa shape index (κ2) is 9.02. The molecule has 0 bridgehead atoms. The molecule has 0 radical (unpaired) electrons. The zero-order valence-electron chi connectivity index (χ0n) is 13.2. The molecule has 0 aliphatic carbocycles. The van der Waals surface area contributed by atoms with Gasteiger partial charge in [0, 0.05) is 9.37 Å². The summed E-state index contributed by atoms with van der Waals surface area (Å²) in [4.78, 5) is 35.7. The van der Waals surface area contributed by atoms with E-state index in [1.165, 1.54) is 29.2 Å². The van der Waals surface area contributed by atoms with E-state index in [1.807, 2.05) is 25.1 Å². The predicted octanol–water partition coefficient (Wildman–Crippen LogP) is 3.19. The summed E-state index contributed by atoms with van der Waals surface area (Å²) in [6, 6.07) is 7.28. The van der Waals surface area contributed by atoms with Crippen LogP contribution in [-0.4, -0.2) is 30.1 Å². The monoisotopic (exact) mass is 442 g/mol. The molecule has 2 rings (SSSR count). The fourth-order valence-electron chi connectivity index (χ4n) is 1.86. The topological polar surface area (TPSA) is 98.5 Å². The second-order valence-corrected chi connectivity index (χ2v) is 7.78. The van der Waals surface area contributed by atoms with Crippen LogP contribution in [0.1, 0.15) is 15.9 Å². The number of esters is 1. The zero-order chi connectivity index (χ0) is 18.4. The third-order valence-electron chi connectivity index (χ3n) is 3.03. The van der Waals surface area contributed by atoms with E-state index < -0.39 is 24.4 Å². The first-order chi connectivity index (χ1) is 11.9. The summed E-state index contributed by atoms with van der Waals surface area (Å²) in [5, 5.41) is 4.48. The van der Waals surface area contributed by atoms with Gasteiger partial charge in [0.05, 0.1) is 11.3 Å². The van der Waals surface area contributed by atoms with Crippen molar-refractivity contribution in [1.82, 2.24) is 0 Å². The van der Waals surface area contributed by atoms with Crippen molar-refractivity contribution in [2.75, 3.05) is 17.7 Å². The van der Waals surface area contributed by atoms with E-state index in [-0.39, 0.29) is 11.3 Å². The highest BCUT2D eigenvalue weighted by Gasteiger charge is 2.14. The van der Waals surface area contributed by atoms with Crippen LogP contribution in [0, 0.1) is 6.92 Å². The minimum absolute atomic E-state index is 0.0985. The highest BCUT2D eigenvalue weighted by Crippen LogP contribution is 2.25. The summed E-state index contributed by atoms with van der Waals surface area (Å²) in [5.74, 6) is -1.55. The van der Waals surface area contributed by atoms with Gasteiger partial charge in [-0.25, -0.2) is 0 Å². The predicted molar refractivity (Wildman–Crippen MR) is 102 cm³/mol. The Morgan fingerprint density at radius 3 is 2.76 bits per heavy atom. The molecule has 0 atom stereocenters. The van der Waals surface area contributed by atoms with Crippen LogP contribution in [0.15, 0.2) is 39.0 Å². The van der Waals surface area contributed by atoms with Crippen LogP contribution in [0.3, 0.4) is 0 Å². The van der Waals surface area contributed by atoms with E-state index in [2.05, 4.69) is 21.2 Å². The van der Waals surface area contributed by atoms with Crippen molar-refractivity contribution in [3.8, 4) is 0 Å². The lowest BCUT2D eigenvalue weighted by atomic mass is 10.2. The maximum absolute atomic E-state index is 11.8. The van der Waals surface area contributed by atoms with Crippen molar-refractivity contribution in [2.45, 2.75) is 11.8 Å². The number of amides is 2. The molecule has 3 N–H and O–H groups in total. The van der Waals surface area contributed by atoms with Crippen molar-refractivity contribution < 1.29 is 19.1 Å². The van der Waals surface area contributed by atoms with Crippen LogP contribution in [-0.2, 0) is 14.3 Å². The molecule has 1 heterocycles. The quantitative estimate of drug-likeness (QED) is 0.506. The average molecular weight is 443 g/mol. The normalized spacial score (nSPS) is 10.3. The zero-order valence-corrected chi connectivity index (χ0v) is 16.4. The minimum Gasteiger partial charge on any atom is -0.455 e. The van der Waals surface area contributed by atoms with Crippen LogP contribution in [0.5, 0.6) is 0 Å². The number of halogens is 1. The van der Waals surface area contributed by atoms with E-state index in [4.69, 9.17) is 10.5 Å². The molecule has 0 saturated carbocycles. The molecule has 1 aromatic heterocycles. The van der Waals surface area contributed by atoms with Gasteiger partial charge < -0.3 is 15.8 Å². The Balaban J connectivity index is 1.78. The number of anilines is 1. The molecule has 1 aromatic carbocycles. The van der Waals surface area contributed by atoms with E-state index >= 15 is 0 Å². The third kappa shape index (κ3) is 5.87. The number of benzene rings is 1. The Labute approximate surface area is 161 Å². The van der Waals surface area contributed by atoms with Gasteiger partial charge >= 0.3 is 5.97 Å². The molecule has 132 valence electrons. The van der Waals surface area contributed by atoms with Gasteiger partial charge in [0.2, 0.25) is 0 Å². The summed E-state index contributed by atoms with van der Waals surface area (Å²) >= 11 is 5.89. The average Bonchev–Trinajstić information content (AvgIpc) is 3.00. The Morgan fingerprint density at radius 2 is 2.08 bits per heavy atom. The molecule has 2 amide bonds. The van der Waals surface area contributed by atoms with Gasteiger partial charge in [0.25, 0.3) is 11.8 Å². The molecule has 0 aliphatic heterocycles. The lowest BCUT2D eigenvalue weighted by molar-refractivity contribution is -0.144. The number of carbonyl (C=O) groups is 3. The lowest BCUT2D eigenvalue weighted by Crippen LogP contribution is -2.22. The first kappa shape index (κ1) is 19.5. The molecule has 25 heavy (non-hydrogen) atoms. The molecule has 0 unspecified atom stereocenters. The Bertz CT molecular complexity index is 807. The highest BCUT2D eigenvalue weighted by atomic mass is 79.9.